The number of imidazole rings is 1. The van der Waals surface area contributed by atoms with Crippen LogP contribution in [-0.2, 0) is 24.1 Å². The Balaban J connectivity index is 1.69. The number of nitrogens with one attached hydrogen (secondary N) is 1. The molecule has 0 saturated carbocycles. The zero-order valence-electron chi connectivity index (χ0n) is 14.5. The van der Waals surface area contributed by atoms with Crippen molar-refractivity contribution in [3.05, 3.63) is 59.9 Å². The predicted octanol–water partition coefficient (Wildman–Crippen LogP) is 4.27. The standard InChI is InChI=1S/C18H13F6N3O2/c19-17(20,21)16-26-13-3-1-2-4-14(13)27(16)10-15(28)25-9-11-5-7-12(8-6-11)29-18(22,23)24/h1-8H,9-10H2,(H,25,28). The second-order valence-corrected chi connectivity index (χ2v) is 5.98. The number of nitrogens with zero attached hydrogens (tertiary/aromatic N) is 2. The van der Waals surface area contributed by atoms with Crippen molar-refractivity contribution in [1.29, 1.82) is 0 Å². The minimum Gasteiger partial charge on any atom is -0.406 e. The van der Waals surface area contributed by atoms with Gasteiger partial charge in [0, 0.05) is 6.54 Å². The van der Waals surface area contributed by atoms with E-state index in [2.05, 4.69) is 15.0 Å². The van der Waals surface area contributed by atoms with Gasteiger partial charge in [-0.1, -0.05) is 24.3 Å². The smallest absolute Gasteiger partial charge is 0.406 e. The maximum Gasteiger partial charge on any atom is 0.573 e. The number of carbonyl (C=O) groups excluding carboxylic acids is 1. The van der Waals surface area contributed by atoms with Crippen LogP contribution >= 0.6 is 0 Å². The highest BCUT2D eigenvalue weighted by Gasteiger charge is 2.38. The monoisotopic (exact) mass is 417 g/mol. The fourth-order valence-electron chi connectivity index (χ4n) is 2.66. The van der Waals surface area contributed by atoms with Crippen molar-refractivity contribution in [2.24, 2.45) is 0 Å². The number of hydrogen-bond acceptors (Lipinski definition) is 3. The van der Waals surface area contributed by atoms with Crippen LogP contribution in [-0.4, -0.2) is 21.8 Å². The number of halogens is 6. The summed E-state index contributed by atoms with van der Waals surface area (Å²) in [6.07, 6.45) is -9.56. The van der Waals surface area contributed by atoms with E-state index >= 15 is 0 Å². The summed E-state index contributed by atoms with van der Waals surface area (Å²) < 4.78 is 80.6. The van der Waals surface area contributed by atoms with Gasteiger partial charge in [0.15, 0.2) is 0 Å². The molecule has 0 fully saturated rings. The molecule has 11 heteroatoms. The summed E-state index contributed by atoms with van der Waals surface area (Å²) in [4.78, 5) is 15.7. The van der Waals surface area contributed by atoms with Crippen LogP contribution in [0.4, 0.5) is 26.3 Å². The van der Waals surface area contributed by atoms with E-state index in [0.717, 1.165) is 16.7 Å². The largest absolute Gasteiger partial charge is 0.573 e. The first-order valence-electron chi connectivity index (χ1n) is 8.17. The Labute approximate surface area is 159 Å². The lowest BCUT2D eigenvalue weighted by atomic mass is 10.2. The number of amides is 1. The third-order valence-corrected chi connectivity index (χ3v) is 3.86. The van der Waals surface area contributed by atoms with Gasteiger partial charge < -0.3 is 14.6 Å². The number of fused-ring (bicyclic) bond motifs is 1. The molecule has 1 heterocycles. The highest BCUT2D eigenvalue weighted by Crippen LogP contribution is 2.31. The van der Waals surface area contributed by atoms with Gasteiger partial charge >= 0.3 is 12.5 Å². The van der Waals surface area contributed by atoms with Crippen LogP contribution in [0.15, 0.2) is 48.5 Å². The lowest BCUT2D eigenvalue weighted by Gasteiger charge is -2.12. The number of hydrogen-bond donors (Lipinski definition) is 1. The average molecular weight is 417 g/mol. The summed E-state index contributed by atoms with van der Waals surface area (Å²) >= 11 is 0. The molecule has 5 nitrogen and oxygen atoms in total. The Kier molecular flexibility index (Phi) is 5.40. The molecule has 0 atom stereocenters. The van der Waals surface area contributed by atoms with Crippen LogP contribution in [0.2, 0.25) is 0 Å². The Morgan fingerprint density at radius 1 is 1.00 bits per heavy atom. The molecule has 0 aliphatic heterocycles. The number of benzene rings is 2. The van der Waals surface area contributed by atoms with Gasteiger partial charge in [0.1, 0.15) is 12.3 Å². The summed E-state index contributed by atoms with van der Waals surface area (Å²) in [5.74, 6) is -2.33. The number of alkyl halides is 6. The van der Waals surface area contributed by atoms with Crippen molar-refractivity contribution in [1.82, 2.24) is 14.9 Å². The third kappa shape index (κ3) is 5.18. The molecule has 0 radical (unpaired) electrons. The highest BCUT2D eigenvalue weighted by atomic mass is 19.4. The molecule has 0 unspecified atom stereocenters. The van der Waals surface area contributed by atoms with Crippen molar-refractivity contribution in [2.45, 2.75) is 25.6 Å². The molecule has 0 aliphatic rings. The molecule has 0 bridgehead atoms. The third-order valence-electron chi connectivity index (χ3n) is 3.86. The first kappa shape index (κ1) is 20.5. The highest BCUT2D eigenvalue weighted by molar-refractivity contribution is 5.81. The Bertz CT molecular complexity index is 1010. The molecular weight excluding hydrogens is 404 g/mol. The molecule has 29 heavy (non-hydrogen) atoms. The lowest BCUT2D eigenvalue weighted by Crippen LogP contribution is -2.29. The van der Waals surface area contributed by atoms with Crippen LogP contribution in [0, 0.1) is 0 Å². The summed E-state index contributed by atoms with van der Waals surface area (Å²) in [5, 5.41) is 2.43. The molecule has 3 rings (SSSR count). The molecule has 0 spiro atoms. The molecule has 1 N–H and O–H groups in total. The summed E-state index contributed by atoms with van der Waals surface area (Å²) in [7, 11) is 0. The van der Waals surface area contributed by atoms with Gasteiger partial charge in [-0.25, -0.2) is 4.98 Å². The number of carbonyl (C=O) groups is 1. The maximum atomic E-state index is 13.2. The lowest BCUT2D eigenvalue weighted by molar-refractivity contribution is -0.274. The maximum absolute atomic E-state index is 13.2. The van der Waals surface area contributed by atoms with Crippen LogP contribution in [0.5, 0.6) is 5.75 Å². The zero-order valence-corrected chi connectivity index (χ0v) is 14.5. The van der Waals surface area contributed by atoms with Gasteiger partial charge in [-0.05, 0) is 29.8 Å². The zero-order chi connectivity index (χ0) is 21.2. The molecule has 0 saturated heterocycles. The van der Waals surface area contributed by atoms with Gasteiger partial charge in [-0.15, -0.1) is 13.2 Å². The second kappa shape index (κ2) is 7.64. The van der Waals surface area contributed by atoms with Gasteiger partial charge in [-0.3, -0.25) is 4.79 Å². The van der Waals surface area contributed by atoms with Crippen molar-refractivity contribution in [3.8, 4) is 5.75 Å². The minimum atomic E-state index is -4.82. The SMILES string of the molecule is O=C(Cn1c(C(F)(F)F)nc2ccccc21)NCc1ccc(OC(F)(F)F)cc1. The van der Waals surface area contributed by atoms with Crippen molar-refractivity contribution >= 4 is 16.9 Å². The molecule has 0 aliphatic carbocycles. The summed E-state index contributed by atoms with van der Waals surface area (Å²) in [5.41, 5.74) is 0.705. The average Bonchev–Trinajstić information content (AvgIpc) is 2.99. The van der Waals surface area contributed by atoms with Gasteiger partial charge in [0.25, 0.3) is 0 Å². The first-order chi connectivity index (χ1) is 13.5. The summed E-state index contributed by atoms with van der Waals surface area (Å²) in [6, 6.07) is 10.6. The number of rotatable bonds is 5. The number of aromatic nitrogens is 2. The molecule has 154 valence electrons. The van der Waals surface area contributed by atoms with E-state index in [1.807, 2.05) is 0 Å². The van der Waals surface area contributed by atoms with Crippen LogP contribution < -0.4 is 10.1 Å². The van der Waals surface area contributed by atoms with Crippen LogP contribution in [0.1, 0.15) is 11.4 Å². The van der Waals surface area contributed by atoms with E-state index in [9.17, 15) is 31.1 Å². The molecular formula is C18H13F6N3O2. The quantitative estimate of drug-likeness (QED) is 0.631. The van der Waals surface area contributed by atoms with Gasteiger partial charge in [0.05, 0.1) is 11.0 Å². The second-order valence-electron chi connectivity index (χ2n) is 5.98. The minimum absolute atomic E-state index is 0.0842. The number of ether oxygens (including phenoxy) is 1. The number of para-hydroxylation sites is 2. The molecule has 2 aromatic carbocycles. The van der Waals surface area contributed by atoms with Crippen molar-refractivity contribution in [2.75, 3.05) is 0 Å². The van der Waals surface area contributed by atoms with Crippen LogP contribution in [0.25, 0.3) is 11.0 Å². The fourth-order valence-corrected chi connectivity index (χ4v) is 2.66. The van der Waals surface area contributed by atoms with Crippen molar-refractivity contribution < 1.29 is 35.9 Å². The first-order valence-corrected chi connectivity index (χ1v) is 8.17. The van der Waals surface area contributed by atoms with Gasteiger partial charge in [-0.2, -0.15) is 13.2 Å². The fraction of sp³-hybridized carbons (Fsp3) is 0.222. The van der Waals surface area contributed by atoms with E-state index in [1.54, 1.807) is 0 Å². The van der Waals surface area contributed by atoms with Gasteiger partial charge in [0.2, 0.25) is 11.7 Å². The normalized spacial score (nSPS) is 12.2. The van der Waals surface area contributed by atoms with E-state index in [-0.39, 0.29) is 17.6 Å². The van der Waals surface area contributed by atoms with Crippen LogP contribution in [0.3, 0.4) is 0 Å². The Morgan fingerprint density at radius 3 is 2.28 bits per heavy atom. The predicted molar refractivity (Wildman–Crippen MR) is 89.7 cm³/mol. The summed E-state index contributed by atoms with van der Waals surface area (Å²) in [6.45, 7) is -0.705. The van der Waals surface area contributed by atoms with Crippen molar-refractivity contribution in [3.63, 3.8) is 0 Å². The Morgan fingerprint density at radius 2 is 1.66 bits per heavy atom. The van der Waals surface area contributed by atoms with E-state index in [0.29, 0.717) is 5.56 Å². The molecule has 3 aromatic rings. The topological polar surface area (TPSA) is 56.2 Å². The van der Waals surface area contributed by atoms with E-state index < -0.39 is 36.6 Å². The molecule has 1 amide bonds. The molecule has 1 aromatic heterocycles. The van der Waals surface area contributed by atoms with E-state index in [4.69, 9.17) is 0 Å². The van der Waals surface area contributed by atoms with E-state index in [1.165, 1.54) is 36.4 Å². The Hall–Kier alpha value is -3.24.